The monoisotopic (exact) mass is 789 g/mol. The number of para-hydroxylation sites is 2. The molecule has 2 aliphatic rings. The molecule has 9 aromatic carbocycles. The second kappa shape index (κ2) is 13.4. The Labute approximate surface area is 358 Å². The molecular formula is C58H35N3O. The zero-order valence-electron chi connectivity index (χ0n) is 33.5. The highest BCUT2D eigenvalue weighted by Crippen LogP contribution is 2.63. The van der Waals surface area contributed by atoms with Crippen LogP contribution in [0.3, 0.4) is 0 Å². The molecule has 62 heavy (non-hydrogen) atoms. The van der Waals surface area contributed by atoms with Crippen molar-refractivity contribution in [1.29, 1.82) is 0 Å². The second-order valence-electron chi connectivity index (χ2n) is 16.2. The van der Waals surface area contributed by atoms with Gasteiger partial charge in [0.1, 0.15) is 11.2 Å². The minimum Gasteiger partial charge on any atom is -0.455 e. The Morgan fingerprint density at radius 3 is 1.52 bits per heavy atom. The molecule has 0 fully saturated rings. The molecule has 0 radical (unpaired) electrons. The highest BCUT2D eigenvalue weighted by molar-refractivity contribution is 6.09. The van der Waals surface area contributed by atoms with Crippen LogP contribution >= 0.6 is 0 Å². The molecule has 0 amide bonds. The number of hydrogen-bond acceptors (Lipinski definition) is 4. The summed E-state index contributed by atoms with van der Waals surface area (Å²) in [5.74, 6) is 1.76. The van der Waals surface area contributed by atoms with Crippen molar-refractivity contribution < 1.29 is 4.42 Å². The van der Waals surface area contributed by atoms with Crippen molar-refractivity contribution in [3.63, 3.8) is 0 Å². The van der Waals surface area contributed by atoms with Gasteiger partial charge in [0.05, 0.1) is 11.0 Å². The van der Waals surface area contributed by atoms with Gasteiger partial charge in [-0.25, -0.2) is 15.0 Å². The van der Waals surface area contributed by atoms with Gasteiger partial charge < -0.3 is 4.42 Å². The molecule has 11 aromatic rings. The first-order valence-corrected chi connectivity index (χ1v) is 21.1. The molecule has 4 heteroatoms. The smallest absolute Gasteiger partial charge is 0.167 e. The Morgan fingerprint density at radius 1 is 0.290 bits per heavy atom. The topological polar surface area (TPSA) is 51.8 Å². The van der Waals surface area contributed by atoms with Crippen LogP contribution in [0.2, 0.25) is 0 Å². The van der Waals surface area contributed by atoms with Gasteiger partial charge in [0, 0.05) is 21.9 Å². The molecule has 13 rings (SSSR count). The van der Waals surface area contributed by atoms with Gasteiger partial charge in [-0.15, -0.1) is 0 Å². The summed E-state index contributed by atoms with van der Waals surface area (Å²) in [7, 11) is 0. The largest absolute Gasteiger partial charge is 0.455 e. The predicted octanol–water partition coefficient (Wildman–Crippen LogP) is 14.4. The molecule has 0 N–H and O–H groups in total. The molecule has 0 saturated carbocycles. The summed E-state index contributed by atoms with van der Waals surface area (Å²) in [5.41, 5.74) is 18.9. The van der Waals surface area contributed by atoms with Crippen LogP contribution in [-0.4, -0.2) is 15.0 Å². The summed E-state index contributed by atoms with van der Waals surface area (Å²) in [6.07, 6.45) is 0. The number of nitrogens with zero attached hydrogens (tertiary/aromatic N) is 3. The summed E-state index contributed by atoms with van der Waals surface area (Å²) in [4.78, 5) is 15.5. The molecule has 2 heterocycles. The van der Waals surface area contributed by atoms with Gasteiger partial charge in [-0.1, -0.05) is 188 Å². The Morgan fingerprint density at radius 2 is 0.774 bits per heavy atom. The normalized spacial score (nSPS) is 13.0. The first-order chi connectivity index (χ1) is 30.7. The second-order valence-corrected chi connectivity index (χ2v) is 16.2. The first-order valence-electron chi connectivity index (χ1n) is 21.1. The van der Waals surface area contributed by atoms with Crippen LogP contribution in [0.15, 0.2) is 217 Å². The van der Waals surface area contributed by atoms with Crippen LogP contribution in [0.25, 0.3) is 101 Å². The van der Waals surface area contributed by atoms with E-state index >= 15 is 0 Å². The van der Waals surface area contributed by atoms with Crippen molar-refractivity contribution in [3.05, 3.63) is 235 Å². The van der Waals surface area contributed by atoms with Crippen LogP contribution in [0, 0.1) is 0 Å². The number of aromatic nitrogens is 3. The summed E-state index contributed by atoms with van der Waals surface area (Å²) in [6, 6.07) is 75.7. The van der Waals surface area contributed by atoms with Crippen LogP contribution in [0.1, 0.15) is 22.3 Å². The lowest BCUT2D eigenvalue weighted by molar-refractivity contribution is 0.669. The lowest BCUT2D eigenvalue weighted by Gasteiger charge is -2.30. The minimum absolute atomic E-state index is 0.365. The van der Waals surface area contributed by atoms with E-state index < -0.39 is 0 Å². The van der Waals surface area contributed by atoms with E-state index in [1.807, 2.05) is 60.7 Å². The van der Waals surface area contributed by atoms with E-state index in [0.29, 0.717) is 17.5 Å². The lowest BCUT2D eigenvalue weighted by Crippen LogP contribution is -2.25. The summed E-state index contributed by atoms with van der Waals surface area (Å²) < 4.78 is 6.48. The maximum atomic E-state index is 6.48. The minimum atomic E-state index is -0.365. The average molecular weight is 790 g/mol. The molecule has 288 valence electrons. The lowest BCUT2D eigenvalue weighted by atomic mass is 9.70. The van der Waals surface area contributed by atoms with E-state index in [1.165, 1.54) is 50.1 Å². The van der Waals surface area contributed by atoms with E-state index in [4.69, 9.17) is 19.4 Å². The van der Waals surface area contributed by atoms with E-state index in [2.05, 4.69) is 152 Å². The third kappa shape index (κ3) is 4.98. The van der Waals surface area contributed by atoms with Crippen molar-refractivity contribution in [2.45, 2.75) is 5.41 Å². The fraction of sp³-hybridized carbons (Fsp3) is 0.0172. The molecule has 4 nitrogen and oxygen atoms in total. The molecule has 0 aliphatic heterocycles. The standard InChI is InChI=1S/C58H35N3O/c1-2-16-36(17-3-1)55-59-56(61-57(60-55)47-27-15-26-45-44-24-9-13-31-53(44)62-54(45)47)46-25-5-4-20-40(46)39-19-14-18-37(34-39)38-32-33-52-48(35-38)43-23-8-12-30-51(43)58(52)49-28-10-6-21-41(49)42-22-7-11-29-50(42)58/h1-35H. The Balaban J connectivity index is 0.952. The van der Waals surface area contributed by atoms with E-state index in [-0.39, 0.29) is 5.41 Å². The summed E-state index contributed by atoms with van der Waals surface area (Å²) in [6.45, 7) is 0. The molecule has 0 unspecified atom stereocenters. The SMILES string of the molecule is c1ccc(-c2nc(-c3ccccc3-c3cccc(-c4ccc5c(c4)-c4ccccc4C54c5ccccc5-c5ccccc54)c3)nc(-c3cccc4c3oc3ccccc34)n2)cc1. The number of hydrogen-bond donors (Lipinski definition) is 0. The molecule has 0 saturated heterocycles. The van der Waals surface area contributed by atoms with E-state index in [9.17, 15) is 0 Å². The number of fused-ring (bicyclic) bond motifs is 13. The number of benzene rings is 9. The van der Waals surface area contributed by atoms with Gasteiger partial charge in [-0.3, -0.25) is 0 Å². The van der Waals surface area contributed by atoms with Gasteiger partial charge in [0.25, 0.3) is 0 Å². The molecule has 2 aliphatic carbocycles. The maximum Gasteiger partial charge on any atom is 0.167 e. The fourth-order valence-corrected chi connectivity index (χ4v) is 10.3. The molecular weight excluding hydrogens is 755 g/mol. The van der Waals surface area contributed by atoms with Gasteiger partial charge in [0.2, 0.25) is 0 Å². The zero-order chi connectivity index (χ0) is 40.8. The van der Waals surface area contributed by atoms with Crippen LogP contribution in [-0.2, 0) is 5.41 Å². The number of furan rings is 1. The third-order valence-corrected chi connectivity index (χ3v) is 13.0. The fourth-order valence-electron chi connectivity index (χ4n) is 10.3. The quantitative estimate of drug-likeness (QED) is 0.174. The highest BCUT2D eigenvalue weighted by atomic mass is 16.3. The predicted molar refractivity (Wildman–Crippen MR) is 251 cm³/mol. The average Bonchev–Trinajstić information content (AvgIpc) is 3.98. The molecule has 0 bridgehead atoms. The van der Waals surface area contributed by atoms with Gasteiger partial charge >= 0.3 is 0 Å². The van der Waals surface area contributed by atoms with E-state index in [1.54, 1.807) is 0 Å². The summed E-state index contributed by atoms with van der Waals surface area (Å²) >= 11 is 0. The van der Waals surface area contributed by atoms with Gasteiger partial charge in [-0.2, -0.15) is 0 Å². The molecule has 1 spiro atoms. The van der Waals surface area contributed by atoms with Crippen molar-refractivity contribution in [2.24, 2.45) is 0 Å². The van der Waals surface area contributed by atoms with Crippen molar-refractivity contribution in [3.8, 4) is 78.7 Å². The Kier molecular flexibility index (Phi) is 7.49. The van der Waals surface area contributed by atoms with Crippen molar-refractivity contribution >= 4 is 21.9 Å². The van der Waals surface area contributed by atoms with Crippen molar-refractivity contribution in [1.82, 2.24) is 15.0 Å². The van der Waals surface area contributed by atoms with Gasteiger partial charge in [-0.05, 0) is 91.0 Å². The first kappa shape index (κ1) is 34.6. The third-order valence-electron chi connectivity index (χ3n) is 13.0. The maximum absolute atomic E-state index is 6.48. The molecule has 2 aromatic heterocycles. The number of rotatable bonds is 5. The van der Waals surface area contributed by atoms with Crippen LogP contribution in [0.5, 0.6) is 0 Å². The van der Waals surface area contributed by atoms with Crippen LogP contribution in [0.4, 0.5) is 0 Å². The summed E-state index contributed by atoms with van der Waals surface area (Å²) in [5, 5.41) is 2.09. The zero-order valence-corrected chi connectivity index (χ0v) is 33.5. The Hall–Kier alpha value is -8.21. The van der Waals surface area contributed by atoms with Crippen molar-refractivity contribution in [2.75, 3.05) is 0 Å². The Bertz CT molecular complexity index is 3560. The van der Waals surface area contributed by atoms with E-state index in [0.717, 1.165) is 55.3 Å². The highest BCUT2D eigenvalue weighted by Gasteiger charge is 2.51. The van der Waals surface area contributed by atoms with Gasteiger partial charge in [0.15, 0.2) is 17.5 Å². The van der Waals surface area contributed by atoms with Crippen LogP contribution < -0.4 is 0 Å². The molecule has 0 atom stereocenters.